The number of aliphatic hydroxyl groups excluding tert-OH is 1. The van der Waals surface area contributed by atoms with Crippen molar-refractivity contribution in [3.05, 3.63) is 77.2 Å². The number of benzene rings is 1. The van der Waals surface area contributed by atoms with Crippen molar-refractivity contribution in [2.24, 2.45) is 5.92 Å². The molecule has 1 saturated carbocycles. The molecule has 212 valence electrons. The first-order valence-electron chi connectivity index (χ1n) is 15.1. The van der Waals surface area contributed by atoms with Gasteiger partial charge in [0.15, 0.2) is 0 Å². The number of nitriles is 1. The Bertz CT molecular complexity index is 1530. The Morgan fingerprint density at radius 1 is 1.02 bits per heavy atom. The number of nitrogens with one attached hydrogen (secondary N) is 1. The van der Waals surface area contributed by atoms with E-state index < -0.39 is 6.10 Å². The number of aromatic nitrogens is 4. The average Bonchev–Trinajstić information content (AvgIpc) is 3.72. The number of imidazole rings is 1. The third-order valence-corrected chi connectivity index (χ3v) is 9.13. The van der Waals surface area contributed by atoms with Crippen molar-refractivity contribution >= 4 is 11.6 Å². The van der Waals surface area contributed by atoms with Crippen LogP contribution >= 0.6 is 0 Å². The van der Waals surface area contributed by atoms with E-state index in [0.29, 0.717) is 23.1 Å². The van der Waals surface area contributed by atoms with Crippen LogP contribution < -0.4 is 5.32 Å². The first-order valence-corrected chi connectivity index (χ1v) is 15.1. The Morgan fingerprint density at radius 2 is 1.76 bits per heavy atom. The normalized spacial score (nSPS) is 18.4. The highest BCUT2D eigenvalue weighted by Gasteiger charge is 2.30. The molecule has 4 heterocycles. The molecule has 1 aliphatic carbocycles. The Labute approximate surface area is 242 Å². The highest BCUT2D eigenvalue weighted by atomic mass is 16.3. The summed E-state index contributed by atoms with van der Waals surface area (Å²) in [6.07, 6.45) is 13.3. The molecule has 8 heteroatoms. The molecule has 41 heavy (non-hydrogen) atoms. The van der Waals surface area contributed by atoms with E-state index >= 15 is 0 Å². The van der Waals surface area contributed by atoms with Crippen molar-refractivity contribution in [3.8, 4) is 17.5 Å². The molecular weight excluding hydrogens is 510 g/mol. The van der Waals surface area contributed by atoms with Gasteiger partial charge in [0.1, 0.15) is 17.4 Å². The van der Waals surface area contributed by atoms with Gasteiger partial charge in [-0.15, -0.1) is 0 Å². The minimum atomic E-state index is -0.429. The molecule has 1 unspecified atom stereocenters. The second kappa shape index (κ2) is 12.0. The number of pyridine rings is 1. The van der Waals surface area contributed by atoms with Crippen molar-refractivity contribution in [1.82, 2.24) is 24.3 Å². The zero-order valence-electron chi connectivity index (χ0n) is 24.0. The van der Waals surface area contributed by atoms with E-state index in [1.165, 1.54) is 25.7 Å². The average molecular weight is 550 g/mol. The molecule has 0 radical (unpaired) electrons. The highest BCUT2D eigenvalue weighted by molar-refractivity contribution is 5.68. The standard InChI is InChI=1S/C33H39N7O/c1-3-23-7-6-16-40-29(21-35-32(23)40)30-27(19-34)20-36-33(38-30)37-22(2)24-10-12-25(13-11-24)31(41)26-14-17-39(18-15-26)28-8-4-5-9-28/h6-7,10-13,16,20-22,26,28,31,41H,3-5,8-9,14-15,17-18H2,1-2H3,(H,36,37,38)/t22-,31?/m0/s1. The number of hydrogen-bond acceptors (Lipinski definition) is 7. The van der Waals surface area contributed by atoms with E-state index in [1.54, 1.807) is 12.4 Å². The molecule has 6 rings (SSSR count). The van der Waals surface area contributed by atoms with Crippen LogP contribution in [0.25, 0.3) is 17.0 Å². The van der Waals surface area contributed by atoms with Gasteiger partial charge in [-0.2, -0.15) is 5.26 Å². The topological polar surface area (TPSA) is 102 Å². The zero-order chi connectivity index (χ0) is 28.3. The van der Waals surface area contributed by atoms with Gasteiger partial charge in [-0.25, -0.2) is 15.0 Å². The Kier molecular flexibility index (Phi) is 8.00. The first-order chi connectivity index (χ1) is 20.1. The molecule has 1 aliphatic heterocycles. The van der Waals surface area contributed by atoms with Gasteiger partial charge < -0.3 is 15.3 Å². The zero-order valence-corrected chi connectivity index (χ0v) is 24.0. The summed E-state index contributed by atoms with van der Waals surface area (Å²) < 4.78 is 1.98. The second-order valence-corrected chi connectivity index (χ2v) is 11.6. The summed E-state index contributed by atoms with van der Waals surface area (Å²) in [5, 5.41) is 24.3. The monoisotopic (exact) mass is 549 g/mol. The molecule has 3 aromatic heterocycles. The fourth-order valence-corrected chi connectivity index (χ4v) is 6.65. The molecule has 2 atom stereocenters. The van der Waals surface area contributed by atoms with Crippen molar-refractivity contribution in [3.63, 3.8) is 0 Å². The van der Waals surface area contributed by atoms with Crippen LogP contribution in [0.2, 0.25) is 0 Å². The smallest absolute Gasteiger partial charge is 0.223 e. The SMILES string of the molecule is CCc1cccn2c(-c3nc(N[C@@H](C)c4ccc(C(O)C5CCN(C6CCCC6)CC5)cc4)ncc3C#N)cnc12. The lowest BCUT2D eigenvalue weighted by Crippen LogP contribution is -2.41. The molecule has 0 spiro atoms. The van der Waals surface area contributed by atoms with Gasteiger partial charge in [0, 0.05) is 12.2 Å². The first kappa shape index (κ1) is 27.4. The molecule has 1 aromatic carbocycles. The summed E-state index contributed by atoms with van der Waals surface area (Å²) in [7, 11) is 0. The van der Waals surface area contributed by atoms with E-state index in [-0.39, 0.29) is 6.04 Å². The number of likely N-dealkylation sites (tertiary alicyclic amines) is 1. The lowest BCUT2D eigenvalue weighted by Gasteiger charge is -2.37. The van der Waals surface area contributed by atoms with Crippen LogP contribution in [0.15, 0.2) is 55.0 Å². The summed E-state index contributed by atoms with van der Waals surface area (Å²) in [4.78, 5) is 16.4. The number of anilines is 1. The molecule has 2 N–H and O–H groups in total. The van der Waals surface area contributed by atoms with Crippen LogP contribution in [0.4, 0.5) is 5.95 Å². The molecule has 8 nitrogen and oxygen atoms in total. The number of aryl methyl sites for hydroxylation is 1. The van der Waals surface area contributed by atoms with Crippen molar-refractivity contribution in [1.29, 1.82) is 5.26 Å². The summed E-state index contributed by atoms with van der Waals surface area (Å²) in [5.41, 5.74) is 5.79. The number of hydrogen-bond donors (Lipinski definition) is 2. The van der Waals surface area contributed by atoms with Crippen LogP contribution in [0.1, 0.15) is 86.8 Å². The van der Waals surface area contributed by atoms with E-state index in [1.807, 2.05) is 16.7 Å². The fourth-order valence-electron chi connectivity index (χ4n) is 6.65. The van der Waals surface area contributed by atoms with Gasteiger partial charge in [0.05, 0.1) is 35.8 Å². The number of fused-ring (bicyclic) bond motifs is 1. The number of piperidine rings is 1. The van der Waals surface area contributed by atoms with Gasteiger partial charge >= 0.3 is 0 Å². The number of rotatable bonds is 8. The predicted molar refractivity (Wildman–Crippen MR) is 160 cm³/mol. The molecule has 4 aromatic rings. The second-order valence-electron chi connectivity index (χ2n) is 11.6. The van der Waals surface area contributed by atoms with Gasteiger partial charge in [-0.3, -0.25) is 4.40 Å². The Balaban J connectivity index is 1.14. The minimum Gasteiger partial charge on any atom is -0.388 e. The quantitative estimate of drug-likeness (QED) is 0.274. The summed E-state index contributed by atoms with van der Waals surface area (Å²) in [5.74, 6) is 0.763. The molecule has 0 bridgehead atoms. The molecule has 2 fully saturated rings. The highest BCUT2D eigenvalue weighted by Crippen LogP contribution is 2.34. The van der Waals surface area contributed by atoms with Crippen molar-refractivity contribution in [2.45, 2.75) is 77.0 Å². The lowest BCUT2D eigenvalue weighted by atomic mass is 9.86. The summed E-state index contributed by atoms with van der Waals surface area (Å²) >= 11 is 0. The van der Waals surface area contributed by atoms with Crippen molar-refractivity contribution < 1.29 is 5.11 Å². The van der Waals surface area contributed by atoms with Crippen LogP contribution in [0.3, 0.4) is 0 Å². The predicted octanol–water partition coefficient (Wildman–Crippen LogP) is 6.09. The summed E-state index contributed by atoms with van der Waals surface area (Å²) in [6, 6.07) is 15.2. The van der Waals surface area contributed by atoms with Gasteiger partial charge in [0.25, 0.3) is 0 Å². The maximum Gasteiger partial charge on any atom is 0.223 e. The van der Waals surface area contributed by atoms with Gasteiger partial charge in [0.2, 0.25) is 5.95 Å². The number of nitrogens with zero attached hydrogens (tertiary/aromatic N) is 6. The third kappa shape index (κ3) is 5.57. The van der Waals surface area contributed by atoms with Crippen molar-refractivity contribution in [2.75, 3.05) is 18.4 Å². The Hall–Kier alpha value is -3.80. The number of aliphatic hydroxyl groups is 1. The molecule has 0 amide bonds. The van der Waals surface area contributed by atoms with E-state index in [4.69, 9.17) is 4.98 Å². The maximum atomic E-state index is 11.2. The van der Waals surface area contributed by atoms with E-state index in [0.717, 1.165) is 66.4 Å². The third-order valence-electron chi connectivity index (χ3n) is 9.13. The Morgan fingerprint density at radius 3 is 2.46 bits per heavy atom. The molecule has 1 saturated heterocycles. The van der Waals surface area contributed by atoms with Crippen LogP contribution in [0, 0.1) is 17.2 Å². The lowest BCUT2D eigenvalue weighted by molar-refractivity contribution is 0.0457. The largest absolute Gasteiger partial charge is 0.388 e. The summed E-state index contributed by atoms with van der Waals surface area (Å²) in [6.45, 7) is 6.37. The van der Waals surface area contributed by atoms with Gasteiger partial charge in [-0.1, -0.05) is 50.1 Å². The van der Waals surface area contributed by atoms with Crippen LogP contribution in [0.5, 0.6) is 0 Å². The van der Waals surface area contributed by atoms with E-state index in [9.17, 15) is 10.4 Å². The molecule has 2 aliphatic rings. The van der Waals surface area contributed by atoms with E-state index in [2.05, 4.69) is 70.4 Å². The van der Waals surface area contributed by atoms with Gasteiger partial charge in [-0.05, 0) is 80.8 Å². The molecular formula is C33H39N7O. The maximum absolute atomic E-state index is 11.2. The fraction of sp³-hybridized carbons (Fsp3) is 0.455. The van der Waals surface area contributed by atoms with Crippen LogP contribution in [-0.2, 0) is 6.42 Å². The minimum absolute atomic E-state index is 0.0643. The van der Waals surface area contributed by atoms with Crippen LogP contribution in [-0.4, -0.2) is 48.5 Å².